The Hall–Kier alpha value is -2.27. The van der Waals surface area contributed by atoms with E-state index in [-0.39, 0.29) is 0 Å². The van der Waals surface area contributed by atoms with Crippen molar-refractivity contribution in [2.45, 2.75) is 39.2 Å². The number of benzene rings is 1. The SMILES string of the molecule is C=CCN1CCC(NC(=NCCc2c[nH]c3c(C)cccc23)NCC)CC1. The van der Waals surface area contributed by atoms with E-state index in [1.165, 1.54) is 22.0 Å². The molecule has 0 aliphatic carbocycles. The lowest BCUT2D eigenvalue weighted by atomic mass is 10.1. The van der Waals surface area contributed by atoms with Gasteiger partial charge in [-0.15, -0.1) is 6.58 Å². The number of hydrogen-bond acceptors (Lipinski definition) is 2. The number of guanidine groups is 1. The molecule has 27 heavy (non-hydrogen) atoms. The van der Waals surface area contributed by atoms with Gasteiger partial charge in [0.25, 0.3) is 0 Å². The number of aryl methyl sites for hydroxylation is 1. The fraction of sp³-hybridized carbons (Fsp3) is 0.500. The highest BCUT2D eigenvalue weighted by Crippen LogP contribution is 2.21. The first-order valence-corrected chi connectivity index (χ1v) is 10.1. The number of likely N-dealkylation sites (tertiary alicyclic amines) is 1. The largest absolute Gasteiger partial charge is 0.361 e. The molecule has 5 nitrogen and oxygen atoms in total. The molecular formula is C22H33N5. The summed E-state index contributed by atoms with van der Waals surface area (Å²) in [6.45, 7) is 13.0. The molecule has 0 unspecified atom stereocenters. The van der Waals surface area contributed by atoms with Crippen LogP contribution in [0, 0.1) is 6.92 Å². The summed E-state index contributed by atoms with van der Waals surface area (Å²) in [4.78, 5) is 10.7. The Morgan fingerprint density at radius 3 is 2.93 bits per heavy atom. The lowest BCUT2D eigenvalue weighted by molar-refractivity contribution is 0.225. The van der Waals surface area contributed by atoms with Gasteiger partial charge in [0.05, 0.1) is 0 Å². The normalized spacial score (nSPS) is 16.6. The van der Waals surface area contributed by atoms with E-state index in [2.05, 4.69) is 65.3 Å². The summed E-state index contributed by atoms with van der Waals surface area (Å²) < 4.78 is 0. The Kier molecular flexibility index (Phi) is 6.93. The van der Waals surface area contributed by atoms with Crippen LogP contribution >= 0.6 is 0 Å². The van der Waals surface area contributed by atoms with Crippen LogP contribution < -0.4 is 10.6 Å². The summed E-state index contributed by atoms with van der Waals surface area (Å²) in [6, 6.07) is 6.97. The van der Waals surface area contributed by atoms with Crippen LogP contribution in [0.2, 0.25) is 0 Å². The molecule has 0 spiro atoms. The molecule has 1 aliphatic rings. The number of nitrogens with one attached hydrogen (secondary N) is 3. The summed E-state index contributed by atoms with van der Waals surface area (Å²) in [5, 5.41) is 8.34. The zero-order valence-electron chi connectivity index (χ0n) is 16.7. The second-order valence-corrected chi connectivity index (χ2v) is 7.33. The maximum atomic E-state index is 4.82. The second-order valence-electron chi connectivity index (χ2n) is 7.33. The number of aliphatic imine (C=N–C) groups is 1. The van der Waals surface area contributed by atoms with E-state index >= 15 is 0 Å². The smallest absolute Gasteiger partial charge is 0.191 e. The Morgan fingerprint density at radius 1 is 1.37 bits per heavy atom. The summed E-state index contributed by atoms with van der Waals surface area (Å²) >= 11 is 0. The third-order valence-corrected chi connectivity index (χ3v) is 5.32. The molecule has 0 bridgehead atoms. The van der Waals surface area contributed by atoms with Gasteiger partial charge >= 0.3 is 0 Å². The molecule has 0 amide bonds. The van der Waals surface area contributed by atoms with Crippen molar-refractivity contribution >= 4 is 16.9 Å². The Morgan fingerprint density at radius 2 is 2.19 bits per heavy atom. The van der Waals surface area contributed by atoms with Crippen molar-refractivity contribution in [3.8, 4) is 0 Å². The van der Waals surface area contributed by atoms with Crippen molar-refractivity contribution in [3.05, 3.63) is 48.2 Å². The van der Waals surface area contributed by atoms with Crippen molar-refractivity contribution in [3.63, 3.8) is 0 Å². The van der Waals surface area contributed by atoms with E-state index in [1.807, 2.05) is 6.08 Å². The van der Waals surface area contributed by atoms with Crippen LogP contribution in [-0.4, -0.2) is 54.6 Å². The van der Waals surface area contributed by atoms with Crippen molar-refractivity contribution in [1.82, 2.24) is 20.5 Å². The van der Waals surface area contributed by atoms with E-state index < -0.39 is 0 Å². The molecule has 146 valence electrons. The first-order chi connectivity index (χ1) is 13.2. The zero-order chi connectivity index (χ0) is 19.1. The predicted octanol–water partition coefficient (Wildman–Crippen LogP) is 3.22. The minimum Gasteiger partial charge on any atom is -0.361 e. The lowest BCUT2D eigenvalue weighted by Gasteiger charge is -2.32. The Balaban J connectivity index is 1.56. The van der Waals surface area contributed by atoms with Crippen molar-refractivity contribution in [2.24, 2.45) is 4.99 Å². The van der Waals surface area contributed by atoms with Gasteiger partial charge in [-0.3, -0.25) is 9.89 Å². The number of aromatic amines is 1. The van der Waals surface area contributed by atoms with Crippen molar-refractivity contribution in [1.29, 1.82) is 0 Å². The topological polar surface area (TPSA) is 55.5 Å². The molecule has 3 N–H and O–H groups in total. The highest BCUT2D eigenvalue weighted by atomic mass is 15.2. The summed E-state index contributed by atoms with van der Waals surface area (Å²) in [5.41, 5.74) is 3.87. The summed E-state index contributed by atoms with van der Waals surface area (Å²) in [6.07, 6.45) is 7.37. The lowest BCUT2D eigenvalue weighted by Crippen LogP contribution is -2.48. The number of piperidine rings is 1. The molecule has 0 radical (unpaired) electrons. The molecule has 0 atom stereocenters. The molecule has 1 aromatic heterocycles. The fourth-order valence-corrected chi connectivity index (χ4v) is 3.81. The highest BCUT2D eigenvalue weighted by molar-refractivity contribution is 5.86. The van der Waals surface area contributed by atoms with Crippen LogP contribution in [0.5, 0.6) is 0 Å². The van der Waals surface area contributed by atoms with E-state index in [4.69, 9.17) is 4.99 Å². The van der Waals surface area contributed by atoms with E-state index in [0.717, 1.165) is 57.9 Å². The van der Waals surface area contributed by atoms with Gasteiger partial charge in [-0.05, 0) is 44.2 Å². The number of para-hydroxylation sites is 1. The molecule has 0 saturated carbocycles. The number of fused-ring (bicyclic) bond motifs is 1. The van der Waals surface area contributed by atoms with Gasteiger partial charge in [-0.2, -0.15) is 0 Å². The second kappa shape index (κ2) is 9.60. The monoisotopic (exact) mass is 367 g/mol. The van der Waals surface area contributed by atoms with Gasteiger partial charge < -0.3 is 15.6 Å². The summed E-state index contributed by atoms with van der Waals surface area (Å²) in [5.74, 6) is 0.940. The first kappa shape index (κ1) is 19.5. The van der Waals surface area contributed by atoms with Gasteiger partial charge in [0.1, 0.15) is 0 Å². The van der Waals surface area contributed by atoms with Crippen LogP contribution in [0.3, 0.4) is 0 Å². The zero-order valence-corrected chi connectivity index (χ0v) is 16.7. The molecular weight excluding hydrogens is 334 g/mol. The molecule has 2 aromatic rings. The van der Waals surface area contributed by atoms with Crippen LogP contribution in [0.15, 0.2) is 42.0 Å². The average Bonchev–Trinajstić information content (AvgIpc) is 3.08. The molecule has 2 heterocycles. The molecule has 1 aliphatic heterocycles. The quantitative estimate of drug-likeness (QED) is 0.400. The van der Waals surface area contributed by atoms with Crippen molar-refractivity contribution < 1.29 is 0 Å². The molecule has 5 heteroatoms. The van der Waals surface area contributed by atoms with E-state index in [0.29, 0.717) is 6.04 Å². The molecule has 1 saturated heterocycles. The third-order valence-electron chi connectivity index (χ3n) is 5.32. The Bertz CT molecular complexity index is 768. The Labute approximate surface area is 162 Å². The number of nitrogens with zero attached hydrogens (tertiary/aromatic N) is 2. The van der Waals surface area contributed by atoms with Gasteiger partial charge in [-0.1, -0.05) is 24.3 Å². The number of H-pyrrole nitrogens is 1. The summed E-state index contributed by atoms with van der Waals surface area (Å²) in [7, 11) is 0. The standard InChI is InChI=1S/C22H33N5/c1-4-13-27-14-10-19(11-15-27)26-22(23-5-2)24-12-9-18-16-25-21-17(3)7-6-8-20(18)21/h4,6-8,16,19,25H,1,5,9-15H2,2-3H3,(H2,23,24,26). The van der Waals surface area contributed by atoms with E-state index in [1.54, 1.807) is 0 Å². The maximum Gasteiger partial charge on any atom is 0.191 e. The van der Waals surface area contributed by atoms with Gasteiger partial charge in [0, 0.05) is 55.9 Å². The van der Waals surface area contributed by atoms with Crippen LogP contribution in [-0.2, 0) is 6.42 Å². The number of aromatic nitrogens is 1. The predicted molar refractivity (Wildman–Crippen MR) is 116 cm³/mol. The van der Waals surface area contributed by atoms with Gasteiger partial charge in [-0.25, -0.2) is 0 Å². The van der Waals surface area contributed by atoms with Crippen LogP contribution in [0.1, 0.15) is 30.9 Å². The highest BCUT2D eigenvalue weighted by Gasteiger charge is 2.19. The minimum atomic E-state index is 0.500. The van der Waals surface area contributed by atoms with Gasteiger partial charge in [0.15, 0.2) is 5.96 Å². The first-order valence-electron chi connectivity index (χ1n) is 10.1. The molecule has 1 aromatic carbocycles. The molecule has 1 fully saturated rings. The number of hydrogen-bond donors (Lipinski definition) is 3. The fourth-order valence-electron chi connectivity index (χ4n) is 3.81. The number of rotatable bonds is 7. The third kappa shape index (κ3) is 5.13. The average molecular weight is 368 g/mol. The molecule has 3 rings (SSSR count). The van der Waals surface area contributed by atoms with Crippen LogP contribution in [0.25, 0.3) is 10.9 Å². The van der Waals surface area contributed by atoms with Crippen molar-refractivity contribution in [2.75, 3.05) is 32.7 Å². The minimum absolute atomic E-state index is 0.500. The maximum absolute atomic E-state index is 4.82. The van der Waals surface area contributed by atoms with Crippen LogP contribution in [0.4, 0.5) is 0 Å². The van der Waals surface area contributed by atoms with Gasteiger partial charge in [0.2, 0.25) is 0 Å². The van der Waals surface area contributed by atoms with E-state index in [9.17, 15) is 0 Å².